The Bertz CT molecular complexity index is 1730. The third kappa shape index (κ3) is 4.58. The molecule has 45 heavy (non-hydrogen) atoms. The van der Waals surface area contributed by atoms with Gasteiger partial charge in [0.15, 0.2) is 11.6 Å². The lowest BCUT2D eigenvalue weighted by molar-refractivity contribution is -0.137. The molecule has 16 heteroatoms. The zero-order chi connectivity index (χ0) is 32.1. The van der Waals surface area contributed by atoms with E-state index in [1.165, 1.54) is 0 Å². The van der Waals surface area contributed by atoms with Gasteiger partial charge < -0.3 is 25.8 Å². The van der Waals surface area contributed by atoms with Crippen molar-refractivity contribution in [1.82, 2.24) is 24.8 Å². The first-order chi connectivity index (χ1) is 21.2. The number of pyridine rings is 2. The monoisotopic (exact) mass is 634 g/mol. The minimum atomic E-state index is -4.92. The fraction of sp³-hybridized carbons (Fsp3) is 0.552. The van der Waals surface area contributed by atoms with Gasteiger partial charge in [-0.1, -0.05) is 0 Å². The molecule has 2 saturated heterocycles. The molecule has 3 aromatic heterocycles. The van der Waals surface area contributed by atoms with Crippen LogP contribution >= 0.6 is 0 Å². The van der Waals surface area contributed by atoms with Crippen molar-refractivity contribution >= 4 is 28.4 Å². The van der Waals surface area contributed by atoms with E-state index in [2.05, 4.69) is 19.9 Å². The molecule has 4 aliphatic rings. The predicted octanol–water partition coefficient (Wildman–Crippen LogP) is 3.70. The third-order valence-electron chi connectivity index (χ3n) is 9.48. The molecular weight excluding hydrogens is 603 g/mol. The average molecular weight is 635 g/mol. The Morgan fingerprint density at radius 2 is 1.96 bits per heavy atom. The van der Waals surface area contributed by atoms with Gasteiger partial charge in [0.2, 0.25) is 11.8 Å². The fourth-order valence-electron chi connectivity index (χ4n) is 7.35. The van der Waals surface area contributed by atoms with Gasteiger partial charge >= 0.3 is 12.2 Å². The summed E-state index contributed by atoms with van der Waals surface area (Å²) in [6.07, 6.45) is -3.35. The Hall–Kier alpha value is -4.08. The average Bonchev–Trinajstić information content (AvgIpc) is 3.60. The SMILES string of the molecule is Cc1nc(N)cc(-c2nc3c4c(nc(OC[C@@]56CCCN5C[C@H](F)C6)nc4c2F)N(C2(C(N)=O)CC2)[C@@H](C)CO3)c1C(F)(F)F. The normalized spacial score (nSPS) is 25.6. The van der Waals surface area contributed by atoms with E-state index in [0.717, 1.165) is 19.4 Å². The van der Waals surface area contributed by atoms with Crippen LogP contribution in [0.2, 0.25) is 0 Å². The van der Waals surface area contributed by atoms with Crippen LogP contribution in [0.4, 0.5) is 33.6 Å². The Morgan fingerprint density at radius 1 is 1.20 bits per heavy atom. The number of aryl methyl sites for hydroxylation is 1. The van der Waals surface area contributed by atoms with Crippen LogP contribution in [-0.2, 0) is 11.0 Å². The summed E-state index contributed by atoms with van der Waals surface area (Å²) >= 11 is 0. The predicted molar refractivity (Wildman–Crippen MR) is 152 cm³/mol. The van der Waals surface area contributed by atoms with Gasteiger partial charge in [-0.3, -0.25) is 9.69 Å². The number of alkyl halides is 4. The Labute approximate surface area is 254 Å². The van der Waals surface area contributed by atoms with E-state index in [4.69, 9.17) is 20.9 Å². The number of rotatable bonds is 6. The summed E-state index contributed by atoms with van der Waals surface area (Å²) in [5, 5.41) is -0.0434. The summed E-state index contributed by atoms with van der Waals surface area (Å²) in [6.45, 7) is 3.80. The number of amides is 1. The molecule has 0 unspecified atom stereocenters. The van der Waals surface area contributed by atoms with E-state index in [1.54, 1.807) is 11.8 Å². The molecule has 4 N–H and O–H groups in total. The van der Waals surface area contributed by atoms with Gasteiger partial charge in [0.05, 0.1) is 22.8 Å². The van der Waals surface area contributed by atoms with Crippen LogP contribution in [0, 0.1) is 12.7 Å². The molecule has 0 spiro atoms. The Balaban J connectivity index is 1.45. The van der Waals surface area contributed by atoms with E-state index in [1.807, 2.05) is 4.90 Å². The molecule has 3 fully saturated rings. The van der Waals surface area contributed by atoms with E-state index in [9.17, 15) is 22.4 Å². The number of hydrogen-bond acceptors (Lipinski definition) is 10. The molecule has 1 aliphatic carbocycles. The molecule has 3 aromatic rings. The number of fused-ring (bicyclic) bond motifs is 1. The molecule has 240 valence electrons. The number of carbonyl (C=O) groups is 1. The zero-order valence-electron chi connectivity index (χ0n) is 24.5. The number of primary amides is 1. The van der Waals surface area contributed by atoms with Crippen molar-refractivity contribution in [3.8, 4) is 23.1 Å². The van der Waals surface area contributed by atoms with Gasteiger partial charge in [0.1, 0.15) is 47.3 Å². The molecular formula is C29H31F5N8O3. The molecule has 0 bridgehead atoms. The third-order valence-corrected chi connectivity index (χ3v) is 9.48. The summed E-state index contributed by atoms with van der Waals surface area (Å²) in [5.41, 5.74) is 6.48. The standard InChI is InChI=1S/C29H31F5N8O3/c1-13-11-44-24-18-22(20(31)21(38-24)16-8-17(35)37-14(2)19(16)29(32,33)34)39-26(40-23(18)42(13)28(5-6-28)25(36)43)45-12-27-4-3-7-41(27)10-15(30)9-27/h8,13,15H,3-7,9-12H2,1-2H3,(H2,35,37)(H2,36,43)/t13-,15+,27-/m0/s1. The van der Waals surface area contributed by atoms with Crippen molar-refractivity contribution in [2.45, 2.75) is 75.4 Å². The van der Waals surface area contributed by atoms with Crippen molar-refractivity contribution in [2.75, 3.05) is 36.9 Å². The topological polar surface area (TPSA) is 146 Å². The number of hydrogen-bond donors (Lipinski definition) is 2. The number of carbonyl (C=O) groups excluding carboxylic acids is 1. The molecule has 3 aliphatic heterocycles. The van der Waals surface area contributed by atoms with Crippen molar-refractivity contribution in [3.05, 3.63) is 23.1 Å². The zero-order valence-corrected chi connectivity index (χ0v) is 24.5. The molecule has 0 radical (unpaired) electrons. The van der Waals surface area contributed by atoms with Gasteiger partial charge in [0.25, 0.3) is 0 Å². The van der Waals surface area contributed by atoms with E-state index >= 15 is 4.39 Å². The lowest BCUT2D eigenvalue weighted by Gasteiger charge is -2.35. The highest BCUT2D eigenvalue weighted by Gasteiger charge is 2.57. The lowest BCUT2D eigenvalue weighted by Crippen LogP contribution is -2.53. The van der Waals surface area contributed by atoms with Crippen LogP contribution < -0.4 is 25.8 Å². The first-order valence-corrected chi connectivity index (χ1v) is 14.7. The largest absolute Gasteiger partial charge is 0.475 e. The second kappa shape index (κ2) is 9.96. The van der Waals surface area contributed by atoms with E-state index in [-0.39, 0.29) is 55.1 Å². The van der Waals surface area contributed by atoms with E-state index < -0.39 is 69.2 Å². The highest BCUT2D eigenvalue weighted by Crippen LogP contribution is 2.50. The van der Waals surface area contributed by atoms with Crippen LogP contribution in [0.25, 0.3) is 22.2 Å². The quantitative estimate of drug-likeness (QED) is 0.385. The number of aromatic nitrogens is 4. The minimum Gasteiger partial charge on any atom is -0.475 e. The number of anilines is 2. The maximum absolute atomic E-state index is 16.7. The summed E-state index contributed by atoms with van der Waals surface area (Å²) in [6, 6.07) is 0.0737. The molecule has 11 nitrogen and oxygen atoms in total. The maximum Gasteiger partial charge on any atom is 0.418 e. The molecule has 1 saturated carbocycles. The number of ether oxygens (including phenoxy) is 2. The van der Waals surface area contributed by atoms with Crippen LogP contribution in [0.3, 0.4) is 0 Å². The number of nitrogens with two attached hydrogens (primary N) is 2. The summed E-state index contributed by atoms with van der Waals surface area (Å²) < 4.78 is 85.9. The van der Waals surface area contributed by atoms with Gasteiger partial charge in [-0.15, -0.1) is 0 Å². The van der Waals surface area contributed by atoms with Gasteiger partial charge in [-0.2, -0.15) is 23.1 Å². The first-order valence-electron chi connectivity index (χ1n) is 14.7. The maximum atomic E-state index is 16.7. The van der Waals surface area contributed by atoms with Crippen LogP contribution in [0.5, 0.6) is 11.9 Å². The van der Waals surface area contributed by atoms with Crippen molar-refractivity contribution in [1.29, 1.82) is 0 Å². The summed E-state index contributed by atoms with van der Waals surface area (Å²) in [5.74, 6) is -2.26. The van der Waals surface area contributed by atoms with Crippen LogP contribution in [-0.4, -0.2) is 80.3 Å². The van der Waals surface area contributed by atoms with Crippen LogP contribution in [0.15, 0.2) is 6.07 Å². The second-order valence-electron chi connectivity index (χ2n) is 12.5. The van der Waals surface area contributed by atoms with Crippen molar-refractivity contribution in [2.24, 2.45) is 5.73 Å². The summed E-state index contributed by atoms with van der Waals surface area (Å²) in [4.78, 5) is 33.3. The molecule has 3 atom stereocenters. The lowest BCUT2D eigenvalue weighted by atomic mass is 9.95. The number of halogens is 5. The molecule has 1 amide bonds. The van der Waals surface area contributed by atoms with Gasteiger partial charge in [-0.05, 0) is 52.1 Å². The van der Waals surface area contributed by atoms with Crippen LogP contribution in [0.1, 0.15) is 50.3 Å². The fourth-order valence-corrected chi connectivity index (χ4v) is 7.35. The Kier molecular flexibility index (Phi) is 6.56. The molecule has 6 heterocycles. The highest BCUT2D eigenvalue weighted by molar-refractivity contribution is 6.01. The van der Waals surface area contributed by atoms with Gasteiger partial charge in [0, 0.05) is 18.5 Å². The molecule has 0 aromatic carbocycles. The summed E-state index contributed by atoms with van der Waals surface area (Å²) in [7, 11) is 0. The first kappa shape index (κ1) is 29.6. The van der Waals surface area contributed by atoms with Crippen molar-refractivity contribution < 1.29 is 36.2 Å². The smallest absolute Gasteiger partial charge is 0.418 e. The number of nitrogen functional groups attached to an aromatic ring is 1. The van der Waals surface area contributed by atoms with E-state index in [0.29, 0.717) is 25.8 Å². The van der Waals surface area contributed by atoms with Crippen molar-refractivity contribution in [3.63, 3.8) is 0 Å². The van der Waals surface area contributed by atoms with Gasteiger partial charge in [-0.25, -0.2) is 18.7 Å². The highest BCUT2D eigenvalue weighted by atomic mass is 19.4. The Morgan fingerprint density at radius 3 is 2.64 bits per heavy atom. The molecule has 7 rings (SSSR count). The number of nitrogens with zero attached hydrogens (tertiary/aromatic N) is 6. The minimum absolute atomic E-state index is 0.0100. The second-order valence-corrected chi connectivity index (χ2v) is 12.5.